The number of aromatic nitrogens is 4. The number of hydrogen-bond donors (Lipinski definition) is 1. The molecule has 0 radical (unpaired) electrons. The van der Waals surface area contributed by atoms with Gasteiger partial charge in [-0.2, -0.15) is 0 Å². The number of hydrogen-bond acceptors (Lipinski definition) is 5. The normalized spacial score (nSPS) is 12.0. The Morgan fingerprint density at radius 2 is 2.00 bits per heavy atom. The molecule has 140 valence electrons. The van der Waals surface area contributed by atoms with Crippen molar-refractivity contribution < 1.29 is 4.79 Å². The van der Waals surface area contributed by atoms with Crippen LogP contribution in [0.5, 0.6) is 0 Å². The molecule has 0 spiro atoms. The number of halogens is 1. The van der Waals surface area contributed by atoms with Gasteiger partial charge in [0.25, 0.3) is 0 Å². The zero-order valence-electron chi connectivity index (χ0n) is 15.1. The van der Waals surface area contributed by atoms with Gasteiger partial charge in [0.1, 0.15) is 5.69 Å². The van der Waals surface area contributed by atoms with Crippen molar-refractivity contribution in [1.82, 2.24) is 25.1 Å². The molecule has 0 fully saturated rings. The van der Waals surface area contributed by atoms with Gasteiger partial charge in [-0.15, -0.1) is 10.2 Å². The zero-order valence-corrected chi connectivity index (χ0v) is 16.7. The van der Waals surface area contributed by atoms with Crippen molar-refractivity contribution in [1.29, 1.82) is 0 Å². The second-order valence-electron chi connectivity index (χ2n) is 5.97. The van der Waals surface area contributed by atoms with Crippen molar-refractivity contribution in [3.05, 3.63) is 53.7 Å². The molecule has 6 nitrogen and oxygen atoms in total. The Bertz CT molecular complexity index is 915. The van der Waals surface area contributed by atoms with E-state index in [1.807, 2.05) is 60.9 Å². The third kappa shape index (κ3) is 4.67. The molecule has 8 heteroatoms. The smallest absolute Gasteiger partial charge is 0.230 e. The van der Waals surface area contributed by atoms with Gasteiger partial charge in [0, 0.05) is 12.2 Å². The number of thioether (sulfide) groups is 1. The van der Waals surface area contributed by atoms with Gasteiger partial charge in [0.2, 0.25) is 5.91 Å². The van der Waals surface area contributed by atoms with E-state index in [1.165, 1.54) is 11.8 Å². The highest BCUT2D eigenvalue weighted by Crippen LogP contribution is 2.30. The van der Waals surface area contributed by atoms with Crippen molar-refractivity contribution in [3.63, 3.8) is 0 Å². The third-order valence-corrected chi connectivity index (χ3v) is 5.22. The number of carbonyl (C=O) groups excluding carboxylic acids is 1. The van der Waals surface area contributed by atoms with Crippen LogP contribution in [0, 0.1) is 0 Å². The molecule has 2 aromatic heterocycles. The lowest BCUT2D eigenvalue weighted by Crippen LogP contribution is -2.33. The lowest BCUT2D eigenvalue weighted by atomic mass is 10.3. The van der Waals surface area contributed by atoms with Crippen LogP contribution in [0.1, 0.15) is 20.3 Å². The maximum absolute atomic E-state index is 12.1. The summed E-state index contributed by atoms with van der Waals surface area (Å²) in [7, 11) is 0. The van der Waals surface area contributed by atoms with Gasteiger partial charge >= 0.3 is 0 Å². The van der Waals surface area contributed by atoms with Crippen LogP contribution in [-0.4, -0.2) is 37.5 Å². The van der Waals surface area contributed by atoms with Gasteiger partial charge in [0.15, 0.2) is 11.0 Å². The minimum Gasteiger partial charge on any atom is -0.353 e. The molecule has 27 heavy (non-hydrogen) atoms. The van der Waals surface area contributed by atoms with Crippen LogP contribution in [-0.2, 0) is 4.79 Å². The molecule has 0 saturated carbocycles. The van der Waals surface area contributed by atoms with Gasteiger partial charge in [-0.3, -0.25) is 14.3 Å². The molecule has 3 aromatic rings. The molecule has 1 atom stereocenters. The molecule has 1 N–H and O–H groups in total. The zero-order chi connectivity index (χ0) is 19.2. The molecule has 0 aliphatic carbocycles. The van der Waals surface area contributed by atoms with Crippen LogP contribution < -0.4 is 5.32 Å². The maximum Gasteiger partial charge on any atom is 0.230 e. The van der Waals surface area contributed by atoms with E-state index in [9.17, 15) is 4.79 Å². The number of amides is 1. The van der Waals surface area contributed by atoms with E-state index in [1.54, 1.807) is 6.20 Å². The maximum atomic E-state index is 12.1. The van der Waals surface area contributed by atoms with Crippen LogP contribution in [0.25, 0.3) is 17.2 Å². The number of nitrogens with one attached hydrogen (secondary N) is 1. The van der Waals surface area contributed by atoms with E-state index < -0.39 is 0 Å². The van der Waals surface area contributed by atoms with Crippen LogP contribution in [0.2, 0.25) is 5.02 Å². The standard InChI is InChI=1S/C19H20ClN5OS/c1-3-13(2)22-17(26)12-27-19-24-23-18(15-9-6-7-11-21-15)25(19)16-10-5-4-8-14(16)20/h4-11,13H,3,12H2,1-2H3,(H,22,26)/t13-/m1/s1. The van der Waals surface area contributed by atoms with Crippen LogP contribution >= 0.6 is 23.4 Å². The van der Waals surface area contributed by atoms with Gasteiger partial charge < -0.3 is 5.32 Å². The molecule has 3 rings (SSSR count). The fraction of sp³-hybridized carbons (Fsp3) is 0.263. The van der Waals surface area contributed by atoms with E-state index in [4.69, 9.17) is 11.6 Å². The Labute approximate surface area is 167 Å². The number of carbonyl (C=O) groups is 1. The van der Waals surface area contributed by atoms with Crippen LogP contribution in [0.15, 0.2) is 53.8 Å². The number of pyridine rings is 1. The van der Waals surface area contributed by atoms with Crippen molar-refractivity contribution >= 4 is 29.3 Å². The van der Waals surface area contributed by atoms with E-state index in [-0.39, 0.29) is 17.7 Å². The summed E-state index contributed by atoms with van der Waals surface area (Å²) in [6.07, 6.45) is 2.59. The SMILES string of the molecule is CC[C@@H](C)NC(=O)CSc1nnc(-c2ccccn2)n1-c1ccccc1Cl. The van der Waals surface area contributed by atoms with Crippen molar-refractivity contribution in [2.24, 2.45) is 0 Å². The quantitative estimate of drug-likeness (QED) is 0.606. The summed E-state index contributed by atoms with van der Waals surface area (Å²) in [6.45, 7) is 4.01. The fourth-order valence-electron chi connectivity index (χ4n) is 2.42. The molecule has 0 unspecified atom stereocenters. The number of nitrogens with zero attached hydrogens (tertiary/aromatic N) is 4. The molecule has 0 aliphatic heterocycles. The predicted octanol–water partition coefficient (Wildman–Crippen LogP) is 3.99. The lowest BCUT2D eigenvalue weighted by Gasteiger charge is -2.13. The minimum atomic E-state index is -0.0394. The summed E-state index contributed by atoms with van der Waals surface area (Å²) in [5, 5.41) is 12.7. The third-order valence-electron chi connectivity index (χ3n) is 3.97. The first-order chi connectivity index (χ1) is 13.1. The van der Waals surface area contributed by atoms with Gasteiger partial charge in [-0.05, 0) is 37.6 Å². The molecule has 1 amide bonds. The second kappa shape index (κ2) is 9.01. The van der Waals surface area contributed by atoms with E-state index in [0.29, 0.717) is 21.7 Å². The van der Waals surface area contributed by atoms with Crippen molar-refractivity contribution in [2.45, 2.75) is 31.5 Å². The highest BCUT2D eigenvalue weighted by molar-refractivity contribution is 7.99. The largest absolute Gasteiger partial charge is 0.353 e. The average molecular weight is 402 g/mol. The van der Waals surface area contributed by atoms with Crippen LogP contribution in [0.3, 0.4) is 0 Å². The Hall–Kier alpha value is -2.38. The summed E-state index contributed by atoms with van der Waals surface area (Å²) in [5.74, 6) is 0.783. The summed E-state index contributed by atoms with van der Waals surface area (Å²) >= 11 is 7.73. The molecular weight excluding hydrogens is 382 g/mol. The average Bonchev–Trinajstić information content (AvgIpc) is 3.11. The second-order valence-corrected chi connectivity index (χ2v) is 7.32. The van der Waals surface area contributed by atoms with E-state index in [0.717, 1.165) is 12.1 Å². The predicted molar refractivity (Wildman–Crippen MR) is 108 cm³/mol. The summed E-state index contributed by atoms with van der Waals surface area (Å²) in [5.41, 5.74) is 1.43. The summed E-state index contributed by atoms with van der Waals surface area (Å²) in [4.78, 5) is 16.5. The minimum absolute atomic E-state index is 0.0394. The summed E-state index contributed by atoms with van der Waals surface area (Å²) < 4.78 is 1.84. The fourth-order valence-corrected chi connectivity index (χ4v) is 3.40. The molecule has 0 bridgehead atoms. The first kappa shape index (κ1) is 19.4. The Balaban J connectivity index is 1.94. The Kier molecular flexibility index (Phi) is 6.47. The molecule has 2 heterocycles. The molecule has 0 saturated heterocycles. The number of rotatable bonds is 7. The van der Waals surface area contributed by atoms with Gasteiger partial charge in [0.05, 0.1) is 16.5 Å². The number of benzene rings is 1. The van der Waals surface area contributed by atoms with Crippen molar-refractivity contribution in [3.8, 4) is 17.2 Å². The van der Waals surface area contributed by atoms with E-state index >= 15 is 0 Å². The highest BCUT2D eigenvalue weighted by Gasteiger charge is 2.19. The lowest BCUT2D eigenvalue weighted by molar-refractivity contribution is -0.119. The Morgan fingerprint density at radius 1 is 1.22 bits per heavy atom. The topological polar surface area (TPSA) is 72.7 Å². The van der Waals surface area contributed by atoms with Gasteiger partial charge in [-0.25, -0.2) is 0 Å². The monoisotopic (exact) mass is 401 g/mol. The first-order valence-corrected chi connectivity index (χ1v) is 10.0. The highest BCUT2D eigenvalue weighted by atomic mass is 35.5. The number of para-hydroxylation sites is 1. The molecule has 0 aliphatic rings. The Morgan fingerprint density at radius 3 is 2.70 bits per heavy atom. The molecule has 1 aromatic carbocycles. The molecular formula is C19H20ClN5OS. The van der Waals surface area contributed by atoms with Crippen LogP contribution in [0.4, 0.5) is 0 Å². The van der Waals surface area contributed by atoms with E-state index in [2.05, 4.69) is 20.5 Å². The summed E-state index contributed by atoms with van der Waals surface area (Å²) in [6, 6.07) is 13.2. The van der Waals surface area contributed by atoms with Gasteiger partial charge in [-0.1, -0.05) is 48.5 Å². The first-order valence-electron chi connectivity index (χ1n) is 8.64. The van der Waals surface area contributed by atoms with Crippen molar-refractivity contribution in [2.75, 3.05) is 5.75 Å².